The fraction of sp³-hybridized carbons (Fsp3) is 0.733. The lowest BCUT2D eigenvalue weighted by molar-refractivity contribution is 0.282. The minimum absolute atomic E-state index is 0. The third kappa shape index (κ3) is 8.89. The topological polar surface area (TPSA) is 52.6 Å². The van der Waals surface area contributed by atoms with Crippen LogP contribution in [0.25, 0.3) is 0 Å². The molecule has 0 spiro atoms. The van der Waals surface area contributed by atoms with Gasteiger partial charge < -0.3 is 15.5 Å². The summed E-state index contributed by atoms with van der Waals surface area (Å²) in [4.78, 5) is 11.4. The first-order valence-electron chi connectivity index (χ1n) is 7.66. The first kappa shape index (κ1) is 21.6. The van der Waals surface area contributed by atoms with Crippen LogP contribution in [0.1, 0.15) is 31.5 Å². The molecule has 0 atom stereocenters. The molecule has 1 heterocycles. The Balaban J connectivity index is 0.00000441. The van der Waals surface area contributed by atoms with E-state index in [2.05, 4.69) is 58.7 Å². The molecule has 0 fully saturated rings. The van der Waals surface area contributed by atoms with E-state index in [1.54, 1.807) is 11.3 Å². The standard InChI is InChI=1S/C15H29N5S.HI/c1-6-16-15(18-9-10-20(5)12(2)3)17-8-7-14-11-21-13(4)19-14;/h11-12H,6-10H2,1-5H3,(H2,16,17,18);1H. The van der Waals surface area contributed by atoms with Crippen molar-refractivity contribution in [3.05, 3.63) is 16.1 Å². The van der Waals surface area contributed by atoms with E-state index in [9.17, 15) is 0 Å². The van der Waals surface area contributed by atoms with Gasteiger partial charge in [-0.3, -0.25) is 4.99 Å². The van der Waals surface area contributed by atoms with Crippen molar-refractivity contribution in [2.45, 2.75) is 40.2 Å². The third-order valence-electron chi connectivity index (χ3n) is 3.29. The first-order chi connectivity index (χ1) is 10.0. The summed E-state index contributed by atoms with van der Waals surface area (Å²) in [6.07, 6.45) is 0.931. The van der Waals surface area contributed by atoms with Gasteiger partial charge in [-0.1, -0.05) is 0 Å². The fourth-order valence-electron chi connectivity index (χ4n) is 1.75. The SMILES string of the molecule is CCNC(=NCCN(C)C(C)C)NCCc1csc(C)n1.I. The number of aromatic nitrogens is 1. The Bertz CT molecular complexity index is 433. The Hall–Kier alpha value is -0.410. The highest BCUT2D eigenvalue weighted by Crippen LogP contribution is 2.07. The number of likely N-dealkylation sites (N-methyl/N-ethyl adjacent to an activating group) is 1. The van der Waals surface area contributed by atoms with Crippen LogP contribution in [0.15, 0.2) is 10.4 Å². The predicted octanol–water partition coefficient (Wildman–Crippen LogP) is 2.51. The van der Waals surface area contributed by atoms with Crippen molar-refractivity contribution in [1.29, 1.82) is 0 Å². The second kappa shape index (κ2) is 12.1. The number of nitrogens with zero attached hydrogens (tertiary/aromatic N) is 3. The average Bonchev–Trinajstić information content (AvgIpc) is 2.84. The zero-order valence-electron chi connectivity index (χ0n) is 14.3. The minimum Gasteiger partial charge on any atom is -0.357 e. The molecule has 22 heavy (non-hydrogen) atoms. The Morgan fingerprint density at radius 2 is 2.14 bits per heavy atom. The number of hydrogen-bond acceptors (Lipinski definition) is 4. The first-order valence-corrected chi connectivity index (χ1v) is 8.54. The summed E-state index contributed by atoms with van der Waals surface area (Å²) in [6.45, 7) is 12.0. The summed E-state index contributed by atoms with van der Waals surface area (Å²) >= 11 is 1.70. The van der Waals surface area contributed by atoms with Crippen molar-refractivity contribution in [1.82, 2.24) is 20.5 Å². The number of rotatable bonds is 8. The van der Waals surface area contributed by atoms with Crippen LogP contribution < -0.4 is 10.6 Å². The lowest BCUT2D eigenvalue weighted by Gasteiger charge is -2.20. The summed E-state index contributed by atoms with van der Waals surface area (Å²) in [5.74, 6) is 0.890. The van der Waals surface area contributed by atoms with Gasteiger partial charge in [0.25, 0.3) is 0 Å². The highest BCUT2D eigenvalue weighted by atomic mass is 127. The molecular weight excluding hydrogens is 409 g/mol. The monoisotopic (exact) mass is 439 g/mol. The van der Waals surface area contributed by atoms with E-state index in [0.29, 0.717) is 6.04 Å². The van der Waals surface area contributed by atoms with Crippen molar-refractivity contribution in [2.24, 2.45) is 4.99 Å². The van der Waals surface area contributed by atoms with Crippen LogP contribution >= 0.6 is 35.3 Å². The largest absolute Gasteiger partial charge is 0.357 e. The molecule has 1 aromatic heterocycles. The Morgan fingerprint density at radius 1 is 1.41 bits per heavy atom. The normalized spacial score (nSPS) is 11.7. The van der Waals surface area contributed by atoms with E-state index in [1.807, 2.05) is 6.92 Å². The lowest BCUT2D eigenvalue weighted by atomic mass is 10.3. The maximum Gasteiger partial charge on any atom is 0.191 e. The van der Waals surface area contributed by atoms with E-state index in [-0.39, 0.29) is 24.0 Å². The number of halogens is 1. The third-order valence-corrected chi connectivity index (χ3v) is 4.11. The van der Waals surface area contributed by atoms with Gasteiger partial charge in [-0.05, 0) is 34.7 Å². The van der Waals surface area contributed by atoms with Crippen molar-refractivity contribution in [3.8, 4) is 0 Å². The van der Waals surface area contributed by atoms with Crippen LogP contribution in [0.3, 0.4) is 0 Å². The van der Waals surface area contributed by atoms with E-state index in [0.717, 1.165) is 49.3 Å². The number of aryl methyl sites for hydroxylation is 1. The van der Waals surface area contributed by atoms with Gasteiger partial charge in [0.2, 0.25) is 0 Å². The maximum absolute atomic E-state index is 4.61. The molecule has 0 saturated carbocycles. The van der Waals surface area contributed by atoms with Gasteiger partial charge in [-0.2, -0.15) is 0 Å². The van der Waals surface area contributed by atoms with Crippen LogP contribution in [0.2, 0.25) is 0 Å². The summed E-state index contributed by atoms with van der Waals surface area (Å²) in [5.41, 5.74) is 1.15. The number of guanidine groups is 1. The molecule has 0 unspecified atom stereocenters. The number of hydrogen-bond donors (Lipinski definition) is 2. The lowest BCUT2D eigenvalue weighted by Crippen LogP contribution is -2.39. The van der Waals surface area contributed by atoms with E-state index < -0.39 is 0 Å². The molecule has 2 N–H and O–H groups in total. The molecule has 0 aliphatic rings. The van der Waals surface area contributed by atoms with Gasteiger partial charge in [0.15, 0.2) is 5.96 Å². The van der Waals surface area contributed by atoms with Crippen molar-refractivity contribution in [3.63, 3.8) is 0 Å². The zero-order chi connectivity index (χ0) is 15.7. The molecule has 1 rings (SSSR count). The molecule has 7 heteroatoms. The second-order valence-electron chi connectivity index (χ2n) is 5.37. The van der Waals surface area contributed by atoms with Crippen LogP contribution in [-0.4, -0.2) is 55.1 Å². The molecular formula is C15H30IN5S. The highest BCUT2D eigenvalue weighted by Gasteiger charge is 2.03. The number of nitrogens with one attached hydrogen (secondary N) is 2. The van der Waals surface area contributed by atoms with E-state index >= 15 is 0 Å². The summed E-state index contributed by atoms with van der Waals surface area (Å²) < 4.78 is 0. The van der Waals surface area contributed by atoms with Gasteiger partial charge >= 0.3 is 0 Å². The van der Waals surface area contributed by atoms with Crippen molar-refractivity contribution >= 4 is 41.3 Å². The van der Waals surface area contributed by atoms with Gasteiger partial charge in [0, 0.05) is 37.5 Å². The summed E-state index contributed by atoms with van der Waals surface area (Å²) in [5, 5.41) is 9.90. The molecule has 0 saturated heterocycles. The van der Waals surface area contributed by atoms with Gasteiger partial charge in [-0.15, -0.1) is 35.3 Å². The second-order valence-corrected chi connectivity index (χ2v) is 6.43. The molecule has 5 nitrogen and oxygen atoms in total. The zero-order valence-corrected chi connectivity index (χ0v) is 17.5. The predicted molar refractivity (Wildman–Crippen MR) is 108 cm³/mol. The molecule has 128 valence electrons. The molecule has 0 radical (unpaired) electrons. The minimum atomic E-state index is 0. The molecule has 0 bridgehead atoms. The molecule has 1 aromatic rings. The average molecular weight is 439 g/mol. The number of aliphatic imine (C=N–C) groups is 1. The highest BCUT2D eigenvalue weighted by molar-refractivity contribution is 14.0. The maximum atomic E-state index is 4.61. The van der Waals surface area contributed by atoms with Crippen molar-refractivity contribution in [2.75, 3.05) is 33.2 Å². The Morgan fingerprint density at radius 3 is 2.68 bits per heavy atom. The van der Waals surface area contributed by atoms with Gasteiger partial charge in [0.05, 0.1) is 17.2 Å². The number of thiazole rings is 1. The van der Waals surface area contributed by atoms with Crippen LogP contribution in [-0.2, 0) is 6.42 Å². The van der Waals surface area contributed by atoms with Crippen LogP contribution in [0.5, 0.6) is 0 Å². The molecule has 0 aliphatic carbocycles. The van der Waals surface area contributed by atoms with Gasteiger partial charge in [0.1, 0.15) is 0 Å². The van der Waals surface area contributed by atoms with Crippen molar-refractivity contribution < 1.29 is 0 Å². The molecule has 0 aliphatic heterocycles. The molecule has 0 aromatic carbocycles. The van der Waals surface area contributed by atoms with Crippen LogP contribution in [0, 0.1) is 6.92 Å². The summed E-state index contributed by atoms with van der Waals surface area (Å²) in [7, 11) is 2.13. The summed E-state index contributed by atoms with van der Waals surface area (Å²) in [6, 6.07) is 0.559. The smallest absolute Gasteiger partial charge is 0.191 e. The fourth-order valence-corrected chi connectivity index (χ4v) is 2.40. The van der Waals surface area contributed by atoms with Gasteiger partial charge in [-0.25, -0.2) is 4.98 Å². The van der Waals surface area contributed by atoms with E-state index in [4.69, 9.17) is 0 Å². The Kier molecular flexibility index (Phi) is 11.8. The van der Waals surface area contributed by atoms with E-state index in [1.165, 1.54) is 0 Å². The Labute approximate surface area is 156 Å². The quantitative estimate of drug-likeness (QED) is 0.371. The van der Waals surface area contributed by atoms with Crippen LogP contribution in [0.4, 0.5) is 0 Å². The molecule has 0 amide bonds.